The molecule has 1 saturated carbocycles. The van der Waals surface area contributed by atoms with Crippen molar-refractivity contribution in [3.63, 3.8) is 0 Å². The van der Waals surface area contributed by atoms with E-state index in [9.17, 15) is 45.0 Å². The molecule has 4 rings (SSSR count). The summed E-state index contributed by atoms with van der Waals surface area (Å²) in [6.45, 7) is 0. The van der Waals surface area contributed by atoms with Gasteiger partial charge in [-0.05, 0) is 20.2 Å². The Morgan fingerprint density at radius 1 is 1.12 bits per heavy atom. The number of likely N-dealkylation sites (N-methyl/N-ethyl adjacent to an activating group) is 1. The third kappa shape index (κ3) is 2.60. The van der Waals surface area contributed by atoms with Gasteiger partial charge in [-0.3, -0.25) is 25.0 Å². The van der Waals surface area contributed by atoms with Crippen LogP contribution in [-0.4, -0.2) is 84.9 Å². The fourth-order valence-electron chi connectivity index (χ4n) is 5.38. The molecule has 6 atom stereocenters. The van der Waals surface area contributed by atoms with Crippen LogP contribution in [0.4, 0.5) is 0 Å². The van der Waals surface area contributed by atoms with Crippen molar-refractivity contribution in [2.75, 3.05) is 14.1 Å². The molecule has 176 valence electrons. The number of phenols is 1. The Hall–Kier alpha value is -3.29. The summed E-state index contributed by atoms with van der Waals surface area (Å²) < 4.78 is 0. The Morgan fingerprint density at radius 3 is 2.27 bits per heavy atom. The molecule has 0 bridgehead atoms. The van der Waals surface area contributed by atoms with Crippen LogP contribution in [-0.2, 0) is 20.1 Å². The average molecular weight is 461 g/mol. The van der Waals surface area contributed by atoms with Crippen LogP contribution < -0.4 is 11.5 Å². The van der Waals surface area contributed by atoms with Gasteiger partial charge in [-0.2, -0.15) is 0 Å². The van der Waals surface area contributed by atoms with Crippen LogP contribution >= 0.6 is 0 Å². The average Bonchev–Trinajstić information content (AvgIpc) is 2.70. The third-order valence-electron chi connectivity index (χ3n) is 6.79. The Kier molecular flexibility index (Phi) is 4.75. The first kappa shape index (κ1) is 22.9. The van der Waals surface area contributed by atoms with Gasteiger partial charge in [0.25, 0.3) is 5.91 Å². The summed E-state index contributed by atoms with van der Waals surface area (Å²) in [5, 5.41) is 65.8. The predicted octanol–water partition coefficient (Wildman–Crippen LogP) is -2.50. The van der Waals surface area contributed by atoms with Crippen LogP contribution in [0.25, 0.3) is 5.76 Å². The second-order valence-electron chi connectivity index (χ2n) is 8.74. The molecule has 12 nitrogen and oxygen atoms in total. The number of aromatic hydroxyl groups is 1. The molecule has 0 aliphatic heterocycles. The van der Waals surface area contributed by atoms with E-state index in [1.165, 1.54) is 31.1 Å². The van der Waals surface area contributed by atoms with Gasteiger partial charge in [0, 0.05) is 5.56 Å². The number of ketones is 2. The number of hydrogen-bond donors (Lipinski definition) is 8. The maximum atomic E-state index is 13.6. The number of fused-ring (bicyclic) bond motifs is 3. The molecule has 0 spiro atoms. The van der Waals surface area contributed by atoms with Gasteiger partial charge in [0.1, 0.15) is 28.6 Å². The number of carbonyl (C=O) groups is 3. The minimum absolute atomic E-state index is 0.216. The summed E-state index contributed by atoms with van der Waals surface area (Å²) in [7, 11) is 2.74. The van der Waals surface area contributed by atoms with Gasteiger partial charge in [0.05, 0.1) is 35.1 Å². The van der Waals surface area contributed by atoms with Crippen molar-refractivity contribution in [3.8, 4) is 5.75 Å². The first-order valence-corrected chi connectivity index (χ1v) is 9.87. The molecule has 0 radical (unpaired) electrons. The molecule has 33 heavy (non-hydrogen) atoms. The molecule has 0 saturated heterocycles. The summed E-state index contributed by atoms with van der Waals surface area (Å²) in [5.74, 6) is -10.3. The number of rotatable bonds is 2. The molecule has 1 fully saturated rings. The minimum Gasteiger partial charge on any atom is -0.508 e. The number of primary amides is 1. The van der Waals surface area contributed by atoms with E-state index < -0.39 is 86.8 Å². The van der Waals surface area contributed by atoms with E-state index in [2.05, 4.69) is 0 Å². The van der Waals surface area contributed by atoms with Gasteiger partial charge in [-0.15, -0.1) is 0 Å². The number of amides is 1. The van der Waals surface area contributed by atoms with Gasteiger partial charge in [-0.1, -0.05) is 12.1 Å². The van der Waals surface area contributed by atoms with Crippen LogP contribution in [0, 0.1) is 11.8 Å². The minimum atomic E-state index is -3.08. The fraction of sp³-hybridized carbons (Fsp3) is 0.381. The molecular weight excluding hydrogens is 438 g/mol. The van der Waals surface area contributed by atoms with Gasteiger partial charge in [-0.25, -0.2) is 0 Å². The monoisotopic (exact) mass is 461 g/mol. The van der Waals surface area contributed by atoms with Crippen LogP contribution in [0.15, 0.2) is 35.1 Å². The van der Waals surface area contributed by atoms with Crippen LogP contribution in [0.3, 0.4) is 0 Å². The van der Waals surface area contributed by atoms with Gasteiger partial charge < -0.3 is 36.4 Å². The number of phenolic OH excluding ortho intramolecular Hbond substituents is 1. The number of aliphatic hydroxyl groups is 5. The Bertz CT molecular complexity index is 1190. The summed E-state index contributed by atoms with van der Waals surface area (Å²) in [6, 6.07) is 2.19. The molecule has 1 aromatic rings. The molecule has 0 aromatic heterocycles. The Balaban J connectivity index is 2.11. The number of carbonyl (C=O) groups excluding carboxylic acids is 3. The normalized spacial score (nSPS) is 36.0. The fourth-order valence-corrected chi connectivity index (χ4v) is 5.38. The van der Waals surface area contributed by atoms with E-state index in [-0.39, 0.29) is 5.56 Å². The Labute approximate surface area is 186 Å². The predicted molar refractivity (Wildman–Crippen MR) is 110 cm³/mol. The zero-order chi connectivity index (χ0) is 24.8. The van der Waals surface area contributed by atoms with E-state index in [4.69, 9.17) is 11.5 Å². The number of Topliss-reactive ketones (excluding diaryl/α,β-unsaturated/α-hetero) is 2. The van der Waals surface area contributed by atoms with Crippen molar-refractivity contribution in [1.29, 1.82) is 0 Å². The smallest absolute Gasteiger partial charge is 0.255 e. The Morgan fingerprint density at radius 2 is 1.73 bits per heavy atom. The first-order valence-electron chi connectivity index (χ1n) is 9.87. The number of aliphatic hydroxyl groups excluding tert-OH is 3. The van der Waals surface area contributed by atoms with E-state index in [0.29, 0.717) is 0 Å². The molecular formula is C21H23N3O9. The largest absolute Gasteiger partial charge is 0.508 e. The summed E-state index contributed by atoms with van der Waals surface area (Å²) in [4.78, 5) is 39.8. The van der Waals surface area contributed by atoms with Crippen molar-refractivity contribution in [2.45, 2.75) is 23.5 Å². The van der Waals surface area contributed by atoms with E-state index in [1.54, 1.807) is 0 Å². The zero-order valence-electron chi connectivity index (χ0n) is 17.6. The van der Waals surface area contributed by atoms with Gasteiger partial charge in [0.2, 0.25) is 5.78 Å². The quantitative estimate of drug-likeness (QED) is 0.169. The van der Waals surface area contributed by atoms with Gasteiger partial charge in [0.15, 0.2) is 11.4 Å². The molecule has 0 heterocycles. The molecule has 3 aliphatic carbocycles. The lowest BCUT2D eigenvalue weighted by molar-refractivity contribution is -0.183. The first-order chi connectivity index (χ1) is 15.2. The van der Waals surface area contributed by atoms with Crippen molar-refractivity contribution in [2.24, 2.45) is 23.3 Å². The van der Waals surface area contributed by atoms with Crippen LogP contribution in [0.5, 0.6) is 5.75 Å². The number of nitrogens with two attached hydrogens (primary N) is 2. The lowest BCUT2D eigenvalue weighted by Crippen LogP contribution is -2.72. The molecule has 3 aliphatic rings. The van der Waals surface area contributed by atoms with Crippen molar-refractivity contribution < 1.29 is 45.0 Å². The maximum absolute atomic E-state index is 13.6. The lowest BCUT2D eigenvalue weighted by Gasteiger charge is -2.55. The zero-order valence-corrected chi connectivity index (χ0v) is 17.6. The molecule has 12 heteroatoms. The second-order valence-corrected chi connectivity index (χ2v) is 8.74. The highest BCUT2D eigenvalue weighted by atomic mass is 16.4. The van der Waals surface area contributed by atoms with Crippen molar-refractivity contribution >= 4 is 23.2 Å². The van der Waals surface area contributed by atoms with Gasteiger partial charge >= 0.3 is 0 Å². The standard InChI is InChI=1S/C21H23N3O9/c1-24(2)13-12-16(28)11-9(14(26)8-6(21(11,23)33)4-3-5-7(8)25)17(29)20(12,32)18(30)10(15(13)27)19(22)31/h3-5,11-13,16,25-26,28,30,32-33H,23H2,1-2H3,(H2,22,31)/t11-,12-,13+,16+,20+,21?/m1/s1. The van der Waals surface area contributed by atoms with Crippen LogP contribution in [0.1, 0.15) is 11.1 Å². The van der Waals surface area contributed by atoms with E-state index >= 15 is 0 Å². The van der Waals surface area contributed by atoms with Crippen molar-refractivity contribution in [1.82, 2.24) is 4.90 Å². The summed E-state index contributed by atoms with van der Waals surface area (Å²) >= 11 is 0. The van der Waals surface area contributed by atoms with E-state index in [1.807, 2.05) is 0 Å². The highest BCUT2D eigenvalue weighted by Crippen LogP contribution is 2.55. The molecule has 1 amide bonds. The van der Waals surface area contributed by atoms with E-state index in [0.717, 1.165) is 6.07 Å². The summed E-state index contributed by atoms with van der Waals surface area (Å²) in [6.07, 6.45) is -2.00. The number of nitrogens with zero attached hydrogens (tertiary/aromatic N) is 1. The lowest BCUT2D eigenvalue weighted by atomic mass is 9.54. The molecule has 1 unspecified atom stereocenters. The molecule has 1 aromatic carbocycles. The van der Waals surface area contributed by atoms with Crippen LogP contribution in [0.2, 0.25) is 0 Å². The highest BCUT2D eigenvalue weighted by molar-refractivity contribution is 6.24. The van der Waals surface area contributed by atoms with Crippen molar-refractivity contribution in [3.05, 3.63) is 46.2 Å². The third-order valence-corrected chi connectivity index (χ3v) is 6.79. The maximum Gasteiger partial charge on any atom is 0.255 e. The summed E-state index contributed by atoms with van der Waals surface area (Å²) in [5.41, 5.74) is 3.26. The highest BCUT2D eigenvalue weighted by Gasteiger charge is 2.70. The number of hydrogen-bond acceptors (Lipinski definition) is 11. The molecule has 10 N–H and O–H groups in total. The SMILES string of the molecule is CN(C)[C@@H]1C(=O)C(C(N)=O)=C(O)[C@@]2(O)C(=O)C3=C(O)c4c(O)cccc4C(N)(O)[C@H]3[C@H](O)[C@@H]12. The number of benzene rings is 1. The second kappa shape index (κ2) is 6.85. The topological polar surface area (TPSA) is 228 Å².